The molecule has 0 N–H and O–H groups in total. The summed E-state index contributed by atoms with van der Waals surface area (Å²) in [6.07, 6.45) is 1.08. The predicted octanol–water partition coefficient (Wildman–Crippen LogP) is 0.246. The second-order valence-corrected chi connectivity index (χ2v) is 1.68. The summed E-state index contributed by atoms with van der Waals surface area (Å²) in [6, 6.07) is 0. The molecule has 2 heteroatoms. The van der Waals surface area contributed by atoms with Crippen LogP contribution < -0.4 is 0 Å². The molecule has 0 aliphatic carbocycles. The SMILES string of the molecule is [CH]N1CCCN1[CH]. The monoisotopic (exact) mass is 96.1 g/mol. The first-order valence-electron chi connectivity index (χ1n) is 2.35. The third-order valence-corrected chi connectivity index (χ3v) is 1.10. The molecule has 0 atom stereocenters. The van der Waals surface area contributed by atoms with Crippen LogP contribution in [0.5, 0.6) is 0 Å². The molecule has 4 radical (unpaired) electrons. The third kappa shape index (κ3) is 0.924. The summed E-state index contributed by atoms with van der Waals surface area (Å²) in [4.78, 5) is 0. The third-order valence-electron chi connectivity index (χ3n) is 1.10. The van der Waals surface area contributed by atoms with E-state index in [1.807, 2.05) is 0 Å². The zero-order valence-electron chi connectivity index (χ0n) is 4.17. The first kappa shape index (κ1) is 5.06. The molecule has 1 saturated heterocycles. The van der Waals surface area contributed by atoms with Gasteiger partial charge < -0.3 is 0 Å². The molecule has 0 aromatic carbocycles. The van der Waals surface area contributed by atoms with Crippen LogP contribution in [0.1, 0.15) is 6.42 Å². The topological polar surface area (TPSA) is 6.48 Å². The van der Waals surface area contributed by atoms with Gasteiger partial charge in [0.1, 0.15) is 0 Å². The molecule has 1 aliphatic heterocycles. The molecule has 1 fully saturated rings. The van der Waals surface area contributed by atoms with E-state index in [1.165, 1.54) is 10.0 Å². The Balaban J connectivity index is 2.33. The Morgan fingerprint density at radius 3 is 1.57 bits per heavy atom. The molecular weight excluding hydrogens is 88.1 g/mol. The van der Waals surface area contributed by atoms with E-state index in [-0.39, 0.29) is 0 Å². The Labute approximate surface area is 44.7 Å². The van der Waals surface area contributed by atoms with Gasteiger partial charge in [-0.1, -0.05) is 0 Å². The van der Waals surface area contributed by atoms with Crippen LogP contribution in [0.2, 0.25) is 0 Å². The number of nitrogens with zero attached hydrogens (tertiary/aromatic N) is 2. The van der Waals surface area contributed by atoms with Crippen molar-refractivity contribution in [2.45, 2.75) is 6.42 Å². The standard InChI is InChI=1S/C5H8N2/c1-6-4-3-5-7(6)2/h1-2H,3-5H2. The highest BCUT2D eigenvalue weighted by Crippen LogP contribution is 2.04. The van der Waals surface area contributed by atoms with Crippen molar-refractivity contribution < 1.29 is 0 Å². The maximum absolute atomic E-state index is 5.31. The van der Waals surface area contributed by atoms with Crippen molar-refractivity contribution in [2.75, 3.05) is 13.1 Å². The molecule has 1 rings (SSSR count). The Kier molecular flexibility index (Phi) is 1.30. The molecule has 1 heterocycles. The van der Waals surface area contributed by atoms with Crippen LogP contribution in [0, 0.1) is 14.1 Å². The maximum Gasteiger partial charge on any atom is 0.0618 e. The van der Waals surface area contributed by atoms with Crippen molar-refractivity contribution >= 4 is 0 Å². The van der Waals surface area contributed by atoms with Gasteiger partial charge in [0, 0.05) is 13.1 Å². The molecule has 0 aromatic rings. The molecule has 1 aliphatic rings. The van der Waals surface area contributed by atoms with E-state index in [9.17, 15) is 0 Å². The fourth-order valence-electron chi connectivity index (χ4n) is 0.652. The minimum absolute atomic E-state index is 0.885. The van der Waals surface area contributed by atoms with Crippen molar-refractivity contribution in [1.82, 2.24) is 10.0 Å². The molecule has 0 aromatic heterocycles. The van der Waals surface area contributed by atoms with Crippen molar-refractivity contribution in [3.63, 3.8) is 0 Å². The zero-order valence-corrected chi connectivity index (χ0v) is 4.17. The largest absolute Gasteiger partial charge is 0.235 e. The van der Waals surface area contributed by atoms with Crippen LogP contribution in [0.15, 0.2) is 0 Å². The summed E-state index contributed by atoms with van der Waals surface area (Å²) in [5.74, 6) is 0. The molecule has 0 saturated carbocycles. The van der Waals surface area contributed by atoms with E-state index in [1.54, 1.807) is 0 Å². The Hall–Kier alpha value is -0.0800. The summed E-state index contributed by atoms with van der Waals surface area (Å²) in [5.41, 5.74) is 0. The molecule has 0 unspecified atom stereocenters. The second-order valence-electron chi connectivity index (χ2n) is 1.68. The van der Waals surface area contributed by atoms with E-state index < -0.39 is 0 Å². The molecule has 0 bridgehead atoms. The summed E-state index contributed by atoms with van der Waals surface area (Å²) in [7, 11) is 10.6. The number of rotatable bonds is 0. The highest BCUT2D eigenvalue weighted by Gasteiger charge is 2.12. The number of hydrogen-bond acceptors (Lipinski definition) is 2. The van der Waals surface area contributed by atoms with Crippen LogP contribution in [0.4, 0.5) is 0 Å². The van der Waals surface area contributed by atoms with Gasteiger partial charge in [0.25, 0.3) is 0 Å². The molecule has 7 heavy (non-hydrogen) atoms. The minimum atomic E-state index is 0.885. The van der Waals surface area contributed by atoms with Crippen LogP contribution in [-0.4, -0.2) is 23.1 Å². The molecular formula is C5H8N2. The predicted molar refractivity (Wildman–Crippen MR) is 26.6 cm³/mol. The van der Waals surface area contributed by atoms with Gasteiger partial charge in [-0.2, -0.15) is 0 Å². The van der Waals surface area contributed by atoms with Gasteiger partial charge >= 0.3 is 0 Å². The van der Waals surface area contributed by atoms with Gasteiger partial charge in [-0.3, -0.25) is 0 Å². The lowest BCUT2D eigenvalue weighted by atomic mass is 10.5. The molecule has 0 amide bonds. The minimum Gasteiger partial charge on any atom is -0.235 e. The van der Waals surface area contributed by atoms with E-state index in [0.717, 1.165) is 19.5 Å². The first-order chi connectivity index (χ1) is 3.30. The highest BCUT2D eigenvalue weighted by atomic mass is 15.6. The fourth-order valence-corrected chi connectivity index (χ4v) is 0.652. The van der Waals surface area contributed by atoms with Crippen LogP contribution >= 0.6 is 0 Å². The average Bonchev–Trinajstić information content (AvgIpc) is 1.91. The normalized spacial score (nSPS) is 26.6. The van der Waals surface area contributed by atoms with Crippen molar-refractivity contribution in [3.05, 3.63) is 14.1 Å². The van der Waals surface area contributed by atoms with Gasteiger partial charge in [0.2, 0.25) is 0 Å². The van der Waals surface area contributed by atoms with Gasteiger partial charge in [-0.05, 0) is 6.42 Å². The van der Waals surface area contributed by atoms with Crippen LogP contribution in [-0.2, 0) is 0 Å². The van der Waals surface area contributed by atoms with Crippen molar-refractivity contribution in [2.24, 2.45) is 0 Å². The maximum atomic E-state index is 5.31. The quantitative estimate of drug-likeness (QED) is 0.426. The summed E-state index contributed by atoms with van der Waals surface area (Å²) >= 11 is 0. The van der Waals surface area contributed by atoms with Gasteiger partial charge in [-0.25, -0.2) is 10.0 Å². The van der Waals surface area contributed by atoms with E-state index in [4.69, 9.17) is 14.1 Å². The first-order valence-corrected chi connectivity index (χ1v) is 2.35. The van der Waals surface area contributed by atoms with Gasteiger partial charge in [0.05, 0.1) is 14.1 Å². The average molecular weight is 96.1 g/mol. The lowest BCUT2D eigenvalue weighted by molar-refractivity contribution is 0.136. The van der Waals surface area contributed by atoms with E-state index >= 15 is 0 Å². The van der Waals surface area contributed by atoms with E-state index in [0.29, 0.717) is 0 Å². The smallest absolute Gasteiger partial charge is 0.0618 e. The molecule has 0 spiro atoms. The summed E-state index contributed by atoms with van der Waals surface area (Å²) in [5, 5.41) is 3.03. The summed E-state index contributed by atoms with van der Waals surface area (Å²) in [6.45, 7) is 1.77. The van der Waals surface area contributed by atoms with E-state index in [2.05, 4.69) is 0 Å². The Morgan fingerprint density at radius 2 is 1.43 bits per heavy atom. The lowest BCUT2D eigenvalue weighted by Gasteiger charge is -2.15. The Bertz CT molecular complexity index is 55.1. The second kappa shape index (κ2) is 1.80. The number of hydrazine groups is 1. The molecule has 2 nitrogen and oxygen atoms in total. The summed E-state index contributed by atoms with van der Waals surface area (Å²) < 4.78 is 0. The van der Waals surface area contributed by atoms with Crippen molar-refractivity contribution in [1.29, 1.82) is 0 Å². The zero-order chi connectivity index (χ0) is 5.28. The number of hydrogen-bond donors (Lipinski definition) is 0. The van der Waals surface area contributed by atoms with Crippen molar-refractivity contribution in [3.8, 4) is 0 Å². The van der Waals surface area contributed by atoms with Gasteiger partial charge in [0.15, 0.2) is 0 Å². The van der Waals surface area contributed by atoms with Gasteiger partial charge in [-0.15, -0.1) is 0 Å². The lowest BCUT2D eigenvalue weighted by Crippen LogP contribution is -2.24. The highest BCUT2D eigenvalue weighted by molar-refractivity contribution is 4.63. The molecule has 38 valence electrons. The van der Waals surface area contributed by atoms with Crippen LogP contribution in [0.3, 0.4) is 0 Å². The fraction of sp³-hybridized carbons (Fsp3) is 0.600. The Morgan fingerprint density at radius 1 is 1.00 bits per heavy atom. The van der Waals surface area contributed by atoms with Crippen LogP contribution in [0.25, 0.3) is 0 Å².